The summed E-state index contributed by atoms with van der Waals surface area (Å²) in [5.41, 5.74) is 5.05. The Labute approximate surface area is 179 Å². The Morgan fingerprint density at radius 3 is 2.74 bits per heavy atom. The molecule has 0 aliphatic heterocycles. The molecule has 1 amide bonds. The van der Waals surface area contributed by atoms with Gasteiger partial charge in [0.05, 0.1) is 11.7 Å². The molecule has 31 heavy (non-hydrogen) atoms. The van der Waals surface area contributed by atoms with Crippen LogP contribution in [0.25, 0.3) is 22.2 Å². The van der Waals surface area contributed by atoms with E-state index in [-0.39, 0.29) is 23.6 Å². The van der Waals surface area contributed by atoms with Gasteiger partial charge >= 0.3 is 0 Å². The number of aryl methyl sites for hydroxylation is 1. The lowest BCUT2D eigenvalue weighted by Gasteiger charge is -2.10. The summed E-state index contributed by atoms with van der Waals surface area (Å²) in [6.45, 7) is 4.21. The van der Waals surface area contributed by atoms with Crippen molar-refractivity contribution in [2.45, 2.75) is 46.1 Å². The number of pyridine rings is 1. The number of hydrogen-bond acceptors (Lipinski definition) is 5. The fourth-order valence-corrected chi connectivity index (χ4v) is 4.41. The van der Waals surface area contributed by atoms with Gasteiger partial charge in [0.2, 0.25) is 17.2 Å². The molecule has 3 heterocycles. The number of rotatable bonds is 5. The first kappa shape index (κ1) is 19.5. The second-order valence-corrected chi connectivity index (χ2v) is 8.52. The van der Waals surface area contributed by atoms with Gasteiger partial charge in [-0.25, -0.2) is 9.97 Å². The normalized spacial score (nSPS) is 13.3. The third-order valence-electron chi connectivity index (χ3n) is 5.72. The molecule has 0 bridgehead atoms. The highest BCUT2D eigenvalue weighted by Gasteiger charge is 2.26. The Morgan fingerprint density at radius 2 is 1.97 bits per heavy atom. The van der Waals surface area contributed by atoms with E-state index in [4.69, 9.17) is 9.40 Å². The summed E-state index contributed by atoms with van der Waals surface area (Å²) in [5.74, 6) is 0.182. The fraction of sp³-hybridized carbons (Fsp3) is 0.333. The van der Waals surface area contributed by atoms with Gasteiger partial charge in [-0.3, -0.25) is 14.2 Å². The molecule has 1 aromatic carbocycles. The van der Waals surface area contributed by atoms with Crippen molar-refractivity contribution in [2.75, 3.05) is 5.32 Å². The van der Waals surface area contributed by atoms with E-state index >= 15 is 0 Å². The van der Waals surface area contributed by atoms with Crippen LogP contribution in [-0.4, -0.2) is 20.4 Å². The number of hydrogen-bond donors (Lipinski definition) is 1. The van der Waals surface area contributed by atoms with Crippen LogP contribution in [-0.2, 0) is 30.6 Å². The number of nitrogens with one attached hydrogen (secondary N) is 1. The molecule has 0 atom stereocenters. The second kappa shape index (κ2) is 7.65. The Kier molecular flexibility index (Phi) is 4.81. The van der Waals surface area contributed by atoms with Gasteiger partial charge in [0.1, 0.15) is 12.1 Å². The minimum absolute atomic E-state index is 0.141. The molecule has 0 saturated heterocycles. The average Bonchev–Trinajstić information content (AvgIpc) is 3.35. The van der Waals surface area contributed by atoms with Crippen LogP contribution in [0.4, 0.5) is 5.69 Å². The molecule has 1 aliphatic rings. The zero-order valence-electron chi connectivity index (χ0n) is 17.6. The number of fused-ring (bicyclic) bond motifs is 5. The molecule has 0 spiro atoms. The van der Waals surface area contributed by atoms with Crippen LogP contribution in [0.5, 0.6) is 0 Å². The molecule has 0 saturated carbocycles. The molecule has 1 N–H and O–H groups in total. The number of benzene rings is 1. The summed E-state index contributed by atoms with van der Waals surface area (Å²) in [5, 5.41) is 3.64. The van der Waals surface area contributed by atoms with Gasteiger partial charge < -0.3 is 9.73 Å². The van der Waals surface area contributed by atoms with Crippen molar-refractivity contribution in [1.29, 1.82) is 0 Å². The van der Waals surface area contributed by atoms with E-state index in [0.29, 0.717) is 22.8 Å². The van der Waals surface area contributed by atoms with E-state index in [1.54, 1.807) is 12.1 Å². The van der Waals surface area contributed by atoms with Crippen LogP contribution in [0.15, 0.2) is 45.9 Å². The van der Waals surface area contributed by atoms with Crippen molar-refractivity contribution in [3.63, 3.8) is 0 Å². The van der Waals surface area contributed by atoms with Crippen molar-refractivity contribution in [1.82, 2.24) is 14.5 Å². The number of aromatic nitrogens is 3. The van der Waals surface area contributed by atoms with Gasteiger partial charge in [-0.05, 0) is 54.9 Å². The summed E-state index contributed by atoms with van der Waals surface area (Å²) in [4.78, 5) is 34.8. The monoisotopic (exact) mass is 416 g/mol. The predicted molar refractivity (Wildman–Crippen MR) is 119 cm³/mol. The van der Waals surface area contributed by atoms with Crippen LogP contribution in [0.2, 0.25) is 0 Å². The first-order valence-electron chi connectivity index (χ1n) is 10.7. The molecule has 158 valence electrons. The number of furan rings is 1. The lowest BCUT2D eigenvalue weighted by molar-refractivity contribution is -0.116. The Morgan fingerprint density at radius 1 is 1.19 bits per heavy atom. The van der Waals surface area contributed by atoms with Crippen molar-refractivity contribution >= 4 is 33.8 Å². The maximum absolute atomic E-state index is 13.1. The molecular weight excluding hydrogens is 392 g/mol. The molecule has 7 nitrogen and oxygen atoms in total. The summed E-state index contributed by atoms with van der Waals surface area (Å²) >= 11 is 0. The maximum Gasteiger partial charge on any atom is 0.297 e. The van der Waals surface area contributed by atoms with Gasteiger partial charge in [-0.15, -0.1) is 0 Å². The minimum Gasteiger partial charge on any atom is -0.430 e. The molecular formula is C24H24N4O3. The fourth-order valence-electron chi connectivity index (χ4n) is 4.41. The standard InChI is InChI=1S/C24H24N4O3/c1-14(2)11-18-16-9-6-10-17(16)20-21-22(31-23(20)27-18)24(30)28(13-25-21)12-19(29)26-15-7-4-3-5-8-15/h3-5,7-8,13-14H,6,9-12H2,1-2H3,(H,26,29). The van der Waals surface area contributed by atoms with Gasteiger partial charge in [0, 0.05) is 11.4 Å². The molecule has 1 aliphatic carbocycles. The molecule has 0 radical (unpaired) electrons. The molecule has 7 heteroatoms. The predicted octanol–water partition coefficient (Wildman–Crippen LogP) is 3.86. The summed E-state index contributed by atoms with van der Waals surface area (Å²) < 4.78 is 7.21. The summed E-state index contributed by atoms with van der Waals surface area (Å²) in [7, 11) is 0. The second-order valence-electron chi connectivity index (χ2n) is 8.52. The smallest absolute Gasteiger partial charge is 0.297 e. The quantitative estimate of drug-likeness (QED) is 0.533. The van der Waals surface area contributed by atoms with Gasteiger partial charge in [0.25, 0.3) is 5.56 Å². The van der Waals surface area contributed by atoms with E-state index in [0.717, 1.165) is 36.8 Å². The third kappa shape index (κ3) is 3.50. The van der Waals surface area contributed by atoms with Crippen molar-refractivity contribution in [3.8, 4) is 0 Å². The van der Waals surface area contributed by atoms with Gasteiger partial charge in [0.15, 0.2) is 0 Å². The van der Waals surface area contributed by atoms with E-state index in [2.05, 4.69) is 24.1 Å². The first-order chi connectivity index (χ1) is 15.0. The van der Waals surface area contributed by atoms with Crippen LogP contribution < -0.4 is 10.9 Å². The minimum atomic E-state index is -0.372. The molecule has 0 fully saturated rings. The zero-order valence-corrected chi connectivity index (χ0v) is 17.6. The van der Waals surface area contributed by atoms with Crippen LogP contribution >= 0.6 is 0 Å². The van der Waals surface area contributed by atoms with Crippen molar-refractivity contribution < 1.29 is 9.21 Å². The van der Waals surface area contributed by atoms with E-state index in [1.165, 1.54) is 22.0 Å². The lowest BCUT2D eigenvalue weighted by Crippen LogP contribution is -2.27. The number of amides is 1. The largest absolute Gasteiger partial charge is 0.430 e. The highest BCUT2D eigenvalue weighted by molar-refractivity contribution is 6.03. The Bertz CT molecular complexity index is 1350. The van der Waals surface area contributed by atoms with Crippen molar-refractivity contribution in [3.05, 3.63) is 63.8 Å². The Hall–Kier alpha value is -3.48. The zero-order chi connectivity index (χ0) is 21.5. The average molecular weight is 416 g/mol. The number of anilines is 1. The van der Waals surface area contributed by atoms with Crippen LogP contribution in [0.3, 0.4) is 0 Å². The first-order valence-corrected chi connectivity index (χ1v) is 10.7. The highest BCUT2D eigenvalue weighted by atomic mass is 16.3. The van der Waals surface area contributed by atoms with E-state index in [1.807, 2.05) is 18.2 Å². The number of carbonyl (C=O) groups excluding carboxylic acids is 1. The summed E-state index contributed by atoms with van der Waals surface area (Å²) in [6, 6.07) is 9.13. The molecule has 4 aromatic rings. The SMILES string of the molecule is CC(C)Cc1nc2oc3c(=O)n(CC(=O)Nc4ccccc4)cnc3c2c2c1CCC2. The lowest BCUT2D eigenvalue weighted by atomic mass is 9.99. The highest BCUT2D eigenvalue weighted by Crippen LogP contribution is 2.36. The van der Waals surface area contributed by atoms with Gasteiger partial charge in [-0.1, -0.05) is 32.0 Å². The third-order valence-corrected chi connectivity index (χ3v) is 5.72. The van der Waals surface area contributed by atoms with Crippen molar-refractivity contribution in [2.24, 2.45) is 5.92 Å². The van der Waals surface area contributed by atoms with E-state index in [9.17, 15) is 9.59 Å². The number of carbonyl (C=O) groups is 1. The maximum atomic E-state index is 13.1. The van der Waals surface area contributed by atoms with Crippen LogP contribution in [0.1, 0.15) is 37.1 Å². The molecule has 5 rings (SSSR count). The topological polar surface area (TPSA) is 90.0 Å². The molecule has 3 aromatic heterocycles. The van der Waals surface area contributed by atoms with Crippen LogP contribution in [0, 0.1) is 5.92 Å². The molecule has 0 unspecified atom stereocenters. The van der Waals surface area contributed by atoms with E-state index < -0.39 is 0 Å². The Balaban J connectivity index is 1.55. The summed E-state index contributed by atoms with van der Waals surface area (Å²) in [6.07, 6.45) is 5.33. The van der Waals surface area contributed by atoms with Gasteiger partial charge in [-0.2, -0.15) is 0 Å². The number of nitrogens with zero attached hydrogens (tertiary/aromatic N) is 3. The number of para-hydroxylation sites is 1.